The summed E-state index contributed by atoms with van der Waals surface area (Å²) in [7, 11) is 0. The number of oxime groups is 1. The minimum atomic E-state index is 0. The summed E-state index contributed by atoms with van der Waals surface area (Å²) >= 11 is 4.64. The van der Waals surface area contributed by atoms with Crippen LogP contribution in [0.15, 0.2) is 47.6 Å². The smallest absolute Gasteiger partial charge is 0.132 e. The van der Waals surface area contributed by atoms with Gasteiger partial charge >= 0.3 is 0 Å². The van der Waals surface area contributed by atoms with Gasteiger partial charge in [0.1, 0.15) is 5.67 Å². The van der Waals surface area contributed by atoms with Gasteiger partial charge in [-0.05, 0) is 16.3 Å². The molecule has 0 spiro atoms. The van der Waals surface area contributed by atoms with Crippen molar-refractivity contribution in [2.75, 3.05) is 0 Å². The second-order valence-electron chi connectivity index (χ2n) is 3.01. The van der Waals surface area contributed by atoms with E-state index in [2.05, 4.69) is 28.9 Å². The van der Waals surface area contributed by atoms with Crippen molar-refractivity contribution in [2.24, 2.45) is 5.16 Å². The van der Waals surface area contributed by atoms with Crippen LogP contribution in [0.25, 0.3) is 10.8 Å². The summed E-state index contributed by atoms with van der Waals surface area (Å²) in [6.45, 7) is 0.112. The first-order valence-electron chi connectivity index (χ1n) is 4.67. The molecule has 5 heteroatoms. The van der Waals surface area contributed by atoms with Crippen molar-refractivity contribution in [3.63, 3.8) is 0 Å². The number of hydrogen-bond acceptors (Lipinski definition) is 3. The first-order valence-corrected chi connectivity index (χ1v) is 5.10. The van der Waals surface area contributed by atoms with Gasteiger partial charge in [-0.2, -0.15) is 0 Å². The summed E-state index contributed by atoms with van der Waals surface area (Å²) in [4.78, 5) is 0. The minimum absolute atomic E-state index is 0. The van der Waals surface area contributed by atoms with Crippen LogP contribution in [-0.4, -0.2) is 16.0 Å². The van der Waals surface area contributed by atoms with Gasteiger partial charge in [-0.1, -0.05) is 59.2 Å². The molecule has 0 amide bonds. The highest BCUT2D eigenvalue weighted by Crippen LogP contribution is 2.17. The van der Waals surface area contributed by atoms with Gasteiger partial charge in [0.15, 0.2) is 0 Å². The van der Waals surface area contributed by atoms with E-state index in [1.54, 1.807) is 0 Å². The average molecular weight is 274 g/mol. The third-order valence-corrected chi connectivity index (χ3v) is 2.18. The Labute approximate surface area is 111 Å². The molecule has 92 valence electrons. The number of nitrogens with zero attached hydrogens (tertiary/aromatic N) is 1. The topological polar surface area (TPSA) is 52.8 Å². The molecule has 0 fully saturated rings. The predicted octanol–water partition coefficient (Wildman–Crippen LogP) is 3.40. The van der Waals surface area contributed by atoms with E-state index >= 15 is 0 Å². The van der Waals surface area contributed by atoms with Gasteiger partial charge in [0.25, 0.3) is 0 Å². The molecule has 0 aromatic heterocycles. The molecule has 0 atom stereocenters. The van der Waals surface area contributed by atoms with Gasteiger partial charge in [0.05, 0.1) is 6.61 Å². The van der Waals surface area contributed by atoms with Crippen molar-refractivity contribution in [1.29, 1.82) is 0 Å². The van der Waals surface area contributed by atoms with Crippen LogP contribution in [0.5, 0.6) is 0 Å². The second-order valence-corrected chi connectivity index (χ2v) is 3.20. The van der Waals surface area contributed by atoms with Gasteiger partial charge < -0.3 is 10.3 Å². The van der Waals surface area contributed by atoms with Gasteiger partial charge in [0.2, 0.25) is 0 Å². The summed E-state index contributed by atoms with van der Waals surface area (Å²) in [5, 5.41) is 21.1. The summed E-state index contributed by atoms with van der Waals surface area (Å²) in [5.74, 6) is 0. The fourth-order valence-corrected chi connectivity index (χ4v) is 1.43. The molecule has 2 aromatic rings. The first-order chi connectivity index (χ1) is 7.83. The standard InChI is InChI=1S/C11H10O.CH2ClNO.ClH/c12-8-10-6-3-5-9-4-1-2-7-11(9)10;2-1-3-4;/h1-7,12H,8H2;1,4H;1H/b;3-1+;. The molecule has 0 saturated heterocycles. The maximum absolute atomic E-state index is 9.04. The molecule has 3 nitrogen and oxygen atoms in total. The zero-order valence-electron chi connectivity index (χ0n) is 8.95. The van der Waals surface area contributed by atoms with Crippen LogP contribution in [0.4, 0.5) is 0 Å². The van der Waals surface area contributed by atoms with Crippen LogP contribution >= 0.6 is 24.0 Å². The van der Waals surface area contributed by atoms with Crippen LogP contribution in [-0.2, 0) is 6.61 Å². The molecule has 0 aliphatic rings. The van der Waals surface area contributed by atoms with Gasteiger partial charge in [0, 0.05) is 0 Å². The van der Waals surface area contributed by atoms with E-state index in [1.807, 2.05) is 30.3 Å². The number of halogens is 2. The molecule has 17 heavy (non-hydrogen) atoms. The summed E-state index contributed by atoms with van der Waals surface area (Å²) in [5.41, 5.74) is 1.77. The monoisotopic (exact) mass is 273 g/mol. The number of aliphatic hydroxyl groups is 1. The molecular formula is C12H13Cl2NO2. The Morgan fingerprint density at radius 1 is 1.12 bits per heavy atom. The number of rotatable bonds is 1. The predicted molar refractivity (Wildman–Crippen MR) is 73.3 cm³/mol. The maximum atomic E-state index is 9.04. The summed E-state index contributed by atoms with van der Waals surface area (Å²) < 4.78 is 0. The van der Waals surface area contributed by atoms with Crippen LogP contribution in [0.3, 0.4) is 0 Å². The molecule has 0 radical (unpaired) electrons. The van der Waals surface area contributed by atoms with E-state index in [0.29, 0.717) is 0 Å². The van der Waals surface area contributed by atoms with Crippen molar-refractivity contribution < 1.29 is 10.3 Å². The Hall–Kier alpha value is -1.29. The van der Waals surface area contributed by atoms with Gasteiger partial charge in [-0.25, -0.2) is 0 Å². The number of hydrogen-bond donors (Lipinski definition) is 2. The number of benzene rings is 2. The molecule has 0 saturated carbocycles. The largest absolute Gasteiger partial charge is 0.410 e. The van der Waals surface area contributed by atoms with Gasteiger partial charge in [-0.15, -0.1) is 12.4 Å². The molecule has 0 bridgehead atoms. The van der Waals surface area contributed by atoms with Crippen molar-refractivity contribution in [3.8, 4) is 0 Å². The van der Waals surface area contributed by atoms with Crippen molar-refractivity contribution in [2.45, 2.75) is 6.61 Å². The highest BCUT2D eigenvalue weighted by Gasteiger charge is 1.96. The minimum Gasteiger partial charge on any atom is -0.410 e. The van der Waals surface area contributed by atoms with Crippen molar-refractivity contribution >= 4 is 40.5 Å². The van der Waals surface area contributed by atoms with E-state index < -0.39 is 0 Å². The molecule has 0 aliphatic heterocycles. The Morgan fingerprint density at radius 2 is 1.71 bits per heavy atom. The fraction of sp³-hybridized carbons (Fsp3) is 0.0833. The zero-order valence-corrected chi connectivity index (χ0v) is 10.5. The summed E-state index contributed by atoms with van der Waals surface area (Å²) in [6.07, 6.45) is 0. The van der Waals surface area contributed by atoms with E-state index in [1.165, 1.54) is 5.39 Å². The number of fused-ring (bicyclic) bond motifs is 1. The zero-order chi connectivity index (χ0) is 11.8. The average Bonchev–Trinajstić information content (AvgIpc) is 2.38. The van der Waals surface area contributed by atoms with Crippen LogP contribution in [0.2, 0.25) is 0 Å². The highest BCUT2D eigenvalue weighted by molar-refractivity contribution is 6.56. The third kappa shape index (κ3) is 4.61. The SMILES string of the molecule is Cl.O/N=C/Cl.OCc1cccc2ccccc12. The van der Waals surface area contributed by atoms with Crippen molar-refractivity contribution in [3.05, 3.63) is 48.0 Å². The van der Waals surface area contributed by atoms with E-state index in [9.17, 15) is 0 Å². The Bertz CT molecular complexity index is 466. The second kappa shape index (κ2) is 8.82. The third-order valence-electron chi connectivity index (χ3n) is 2.09. The molecule has 0 unspecified atom stereocenters. The lowest BCUT2D eigenvalue weighted by molar-refractivity contribution is 0.283. The maximum Gasteiger partial charge on any atom is 0.132 e. The Balaban J connectivity index is 0.000000453. The lowest BCUT2D eigenvalue weighted by atomic mass is 10.1. The molecule has 0 heterocycles. The molecule has 2 aromatic carbocycles. The molecule has 2 rings (SSSR count). The van der Waals surface area contributed by atoms with Crippen LogP contribution in [0, 0.1) is 0 Å². The van der Waals surface area contributed by atoms with E-state index in [-0.39, 0.29) is 19.0 Å². The van der Waals surface area contributed by atoms with E-state index in [0.717, 1.165) is 16.6 Å². The van der Waals surface area contributed by atoms with Crippen molar-refractivity contribution in [1.82, 2.24) is 0 Å². The van der Waals surface area contributed by atoms with Crippen LogP contribution < -0.4 is 0 Å². The fourth-order valence-electron chi connectivity index (χ4n) is 1.43. The lowest BCUT2D eigenvalue weighted by Gasteiger charge is -2.01. The lowest BCUT2D eigenvalue weighted by Crippen LogP contribution is -1.84. The quantitative estimate of drug-likeness (QED) is 0.475. The summed E-state index contributed by atoms with van der Waals surface area (Å²) in [6, 6.07) is 14.0. The normalized spacial score (nSPS) is 9.53. The molecular weight excluding hydrogens is 261 g/mol. The van der Waals surface area contributed by atoms with E-state index in [4.69, 9.17) is 10.3 Å². The first kappa shape index (κ1) is 15.7. The Kier molecular flexibility index (Phi) is 8.15. The molecule has 2 N–H and O–H groups in total. The highest BCUT2D eigenvalue weighted by atomic mass is 35.5. The Morgan fingerprint density at radius 3 is 2.29 bits per heavy atom. The van der Waals surface area contributed by atoms with Crippen LogP contribution in [0.1, 0.15) is 5.56 Å². The number of aliphatic hydroxyl groups excluding tert-OH is 1. The molecule has 0 aliphatic carbocycles. The van der Waals surface area contributed by atoms with Gasteiger partial charge in [-0.3, -0.25) is 0 Å².